The van der Waals surface area contributed by atoms with Crippen molar-refractivity contribution < 1.29 is 0 Å². The molecule has 0 aliphatic carbocycles. The lowest BCUT2D eigenvalue weighted by molar-refractivity contribution is 0.467. The van der Waals surface area contributed by atoms with Crippen molar-refractivity contribution in [3.8, 4) is 0 Å². The van der Waals surface area contributed by atoms with E-state index < -0.39 is 0 Å². The van der Waals surface area contributed by atoms with Gasteiger partial charge in [-0.2, -0.15) is 0 Å². The van der Waals surface area contributed by atoms with Crippen molar-refractivity contribution in [1.82, 2.24) is 5.32 Å². The lowest BCUT2D eigenvalue weighted by Crippen LogP contribution is -2.07. The largest absolute Gasteiger partial charge is 0.391 e. The molecule has 1 N–H and O–H groups in total. The van der Waals surface area contributed by atoms with Crippen molar-refractivity contribution in [3.05, 3.63) is 12.8 Å². The predicted octanol–water partition coefficient (Wildman–Crippen LogP) is 2.94. The van der Waals surface area contributed by atoms with Crippen molar-refractivity contribution in [1.29, 1.82) is 0 Å². The molecule has 0 aromatic heterocycles. The Hall–Kier alpha value is -0.460. The highest BCUT2D eigenvalue weighted by atomic mass is 14.8. The van der Waals surface area contributed by atoms with E-state index in [2.05, 4.69) is 25.7 Å². The van der Waals surface area contributed by atoms with E-state index in [0.717, 1.165) is 12.5 Å². The molecule has 0 radical (unpaired) electrons. The average molecular weight is 155 g/mol. The lowest BCUT2D eigenvalue weighted by Gasteiger charge is -2.08. The number of hydrogen-bond acceptors (Lipinski definition) is 1. The molecule has 0 aromatic rings. The highest BCUT2D eigenvalue weighted by molar-refractivity contribution is 4.63. The van der Waals surface area contributed by atoms with Gasteiger partial charge in [0.05, 0.1) is 0 Å². The SMILES string of the molecule is C=CNCCCC(C)CCC. The molecule has 1 heteroatoms. The fourth-order valence-corrected chi connectivity index (χ4v) is 1.29. The minimum atomic E-state index is 0.895. The Morgan fingerprint density at radius 3 is 2.73 bits per heavy atom. The molecule has 0 aromatic carbocycles. The molecule has 0 aliphatic rings. The summed E-state index contributed by atoms with van der Waals surface area (Å²) in [6, 6.07) is 0. The van der Waals surface area contributed by atoms with Crippen molar-refractivity contribution >= 4 is 0 Å². The summed E-state index contributed by atoms with van der Waals surface area (Å²) in [4.78, 5) is 0. The zero-order valence-electron chi connectivity index (χ0n) is 7.90. The molecule has 11 heavy (non-hydrogen) atoms. The van der Waals surface area contributed by atoms with Gasteiger partial charge in [0.25, 0.3) is 0 Å². The predicted molar refractivity (Wildman–Crippen MR) is 51.5 cm³/mol. The number of hydrogen-bond donors (Lipinski definition) is 1. The third-order valence-electron chi connectivity index (χ3n) is 1.94. The standard InChI is InChI=1S/C10H21N/c1-4-7-10(3)8-6-9-11-5-2/h5,10-11H,2,4,6-9H2,1,3H3. The molecule has 1 unspecified atom stereocenters. The molecule has 66 valence electrons. The maximum absolute atomic E-state index is 3.60. The van der Waals surface area contributed by atoms with Gasteiger partial charge in [0.2, 0.25) is 0 Å². The van der Waals surface area contributed by atoms with Gasteiger partial charge < -0.3 is 5.32 Å². The topological polar surface area (TPSA) is 12.0 Å². The molecule has 0 aliphatic heterocycles. The number of rotatable bonds is 7. The quantitative estimate of drug-likeness (QED) is 0.557. The van der Waals surface area contributed by atoms with Gasteiger partial charge in [-0.1, -0.05) is 33.3 Å². The van der Waals surface area contributed by atoms with E-state index >= 15 is 0 Å². The van der Waals surface area contributed by atoms with Gasteiger partial charge >= 0.3 is 0 Å². The summed E-state index contributed by atoms with van der Waals surface area (Å²) in [5, 5.41) is 3.11. The first-order chi connectivity index (χ1) is 5.31. The Kier molecular flexibility index (Phi) is 7.33. The van der Waals surface area contributed by atoms with Crippen LogP contribution in [0.3, 0.4) is 0 Å². The third-order valence-corrected chi connectivity index (χ3v) is 1.94. The average Bonchev–Trinajstić information content (AvgIpc) is 1.99. The second-order valence-corrected chi connectivity index (χ2v) is 3.19. The van der Waals surface area contributed by atoms with Crippen LogP contribution in [0.5, 0.6) is 0 Å². The third kappa shape index (κ3) is 7.44. The van der Waals surface area contributed by atoms with Crippen LogP contribution in [0.15, 0.2) is 12.8 Å². The molecule has 0 rings (SSSR count). The minimum Gasteiger partial charge on any atom is -0.391 e. The Morgan fingerprint density at radius 2 is 2.18 bits per heavy atom. The van der Waals surface area contributed by atoms with Crippen LogP contribution in [-0.4, -0.2) is 6.54 Å². The van der Waals surface area contributed by atoms with Crippen molar-refractivity contribution in [2.24, 2.45) is 5.92 Å². The Balaban J connectivity index is 3.03. The first-order valence-electron chi connectivity index (χ1n) is 4.65. The molecular formula is C10H21N. The van der Waals surface area contributed by atoms with E-state index in [0.29, 0.717) is 0 Å². The highest BCUT2D eigenvalue weighted by Gasteiger charge is 1.98. The van der Waals surface area contributed by atoms with Gasteiger partial charge in [-0.15, -0.1) is 0 Å². The van der Waals surface area contributed by atoms with Crippen LogP contribution >= 0.6 is 0 Å². The van der Waals surface area contributed by atoms with Crippen LogP contribution in [0.1, 0.15) is 39.5 Å². The molecule has 0 fully saturated rings. The maximum atomic E-state index is 3.60. The smallest absolute Gasteiger partial charge is 0.0141 e. The summed E-state index contributed by atoms with van der Waals surface area (Å²) < 4.78 is 0. The molecule has 1 atom stereocenters. The number of nitrogens with one attached hydrogen (secondary N) is 1. The van der Waals surface area contributed by atoms with Gasteiger partial charge in [-0.25, -0.2) is 0 Å². The fourth-order valence-electron chi connectivity index (χ4n) is 1.29. The monoisotopic (exact) mass is 155 g/mol. The Morgan fingerprint density at radius 1 is 1.45 bits per heavy atom. The molecule has 0 heterocycles. The normalized spacial score (nSPS) is 12.5. The van der Waals surface area contributed by atoms with Crippen LogP contribution in [0.4, 0.5) is 0 Å². The maximum Gasteiger partial charge on any atom is 0.0141 e. The van der Waals surface area contributed by atoms with E-state index in [1.807, 2.05) is 0 Å². The summed E-state index contributed by atoms with van der Waals surface area (Å²) >= 11 is 0. The fraction of sp³-hybridized carbons (Fsp3) is 0.800. The van der Waals surface area contributed by atoms with Gasteiger partial charge in [-0.05, 0) is 25.0 Å². The van der Waals surface area contributed by atoms with Crippen LogP contribution in [0.2, 0.25) is 0 Å². The van der Waals surface area contributed by atoms with Crippen LogP contribution in [0.25, 0.3) is 0 Å². The van der Waals surface area contributed by atoms with E-state index in [9.17, 15) is 0 Å². The second kappa shape index (κ2) is 7.64. The van der Waals surface area contributed by atoms with E-state index in [4.69, 9.17) is 0 Å². The molecule has 0 spiro atoms. The van der Waals surface area contributed by atoms with E-state index in [1.165, 1.54) is 25.7 Å². The zero-order chi connectivity index (χ0) is 8.53. The van der Waals surface area contributed by atoms with Gasteiger partial charge in [0, 0.05) is 6.54 Å². The molecular weight excluding hydrogens is 134 g/mol. The second-order valence-electron chi connectivity index (χ2n) is 3.19. The minimum absolute atomic E-state index is 0.895. The van der Waals surface area contributed by atoms with Gasteiger partial charge in [0.1, 0.15) is 0 Å². The van der Waals surface area contributed by atoms with Crippen LogP contribution < -0.4 is 5.32 Å². The molecule has 1 nitrogen and oxygen atoms in total. The van der Waals surface area contributed by atoms with Crippen molar-refractivity contribution in [3.63, 3.8) is 0 Å². The zero-order valence-corrected chi connectivity index (χ0v) is 7.90. The molecule has 0 saturated heterocycles. The molecule has 0 bridgehead atoms. The van der Waals surface area contributed by atoms with Crippen molar-refractivity contribution in [2.45, 2.75) is 39.5 Å². The first-order valence-corrected chi connectivity index (χ1v) is 4.65. The summed E-state index contributed by atoms with van der Waals surface area (Å²) in [7, 11) is 0. The first kappa shape index (κ1) is 10.5. The van der Waals surface area contributed by atoms with E-state index in [-0.39, 0.29) is 0 Å². The lowest BCUT2D eigenvalue weighted by atomic mass is 10.0. The van der Waals surface area contributed by atoms with E-state index in [1.54, 1.807) is 6.20 Å². The molecule has 0 saturated carbocycles. The summed E-state index contributed by atoms with van der Waals surface area (Å²) in [6.45, 7) is 9.26. The summed E-state index contributed by atoms with van der Waals surface area (Å²) in [6.07, 6.45) is 7.07. The molecule has 0 amide bonds. The Bertz CT molecular complexity index is 88.9. The summed E-state index contributed by atoms with van der Waals surface area (Å²) in [5.41, 5.74) is 0. The highest BCUT2D eigenvalue weighted by Crippen LogP contribution is 2.11. The van der Waals surface area contributed by atoms with Crippen molar-refractivity contribution in [2.75, 3.05) is 6.54 Å². The summed E-state index contributed by atoms with van der Waals surface area (Å²) in [5.74, 6) is 0.895. The van der Waals surface area contributed by atoms with Gasteiger partial charge in [0.15, 0.2) is 0 Å². The van der Waals surface area contributed by atoms with Crippen LogP contribution in [-0.2, 0) is 0 Å². The van der Waals surface area contributed by atoms with Gasteiger partial charge in [-0.3, -0.25) is 0 Å². The Labute approximate surface area is 70.9 Å². The van der Waals surface area contributed by atoms with Crippen LogP contribution in [0, 0.1) is 5.92 Å².